The third-order valence-corrected chi connectivity index (χ3v) is 6.23. The number of hydrogen-bond donors (Lipinski definition) is 0. The third kappa shape index (κ3) is 4.27. The lowest BCUT2D eigenvalue weighted by molar-refractivity contribution is -0.118. The van der Waals surface area contributed by atoms with Crippen molar-refractivity contribution < 1.29 is 13.2 Å². The van der Waals surface area contributed by atoms with Gasteiger partial charge in [0.25, 0.3) is 0 Å². The van der Waals surface area contributed by atoms with Crippen LogP contribution in [0.5, 0.6) is 0 Å². The molecule has 2 rings (SSSR count). The van der Waals surface area contributed by atoms with Gasteiger partial charge in [-0.05, 0) is 49.2 Å². The van der Waals surface area contributed by atoms with Crippen LogP contribution in [0.1, 0.15) is 18.1 Å². The van der Waals surface area contributed by atoms with Crippen LogP contribution in [0.15, 0.2) is 53.4 Å². The molecule has 0 aliphatic rings. The summed E-state index contributed by atoms with van der Waals surface area (Å²) >= 11 is 0. The summed E-state index contributed by atoms with van der Waals surface area (Å²) in [7, 11) is -2.03. The topological polar surface area (TPSA) is 57.7 Å². The van der Waals surface area contributed by atoms with Gasteiger partial charge in [0.15, 0.2) is 0 Å². The fourth-order valence-electron chi connectivity index (χ4n) is 2.44. The largest absolute Gasteiger partial charge is 0.314 e. The van der Waals surface area contributed by atoms with Crippen LogP contribution in [0.2, 0.25) is 0 Å². The van der Waals surface area contributed by atoms with E-state index in [-0.39, 0.29) is 23.9 Å². The fourth-order valence-corrected chi connectivity index (χ4v) is 3.86. The van der Waals surface area contributed by atoms with E-state index >= 15 is 0 Å². The van der Waals surface area contributed by atoms with E-state index in [1.165, 1.54) is 21.3 Å². The Morgan fingerprint density at radius 2 is 1.64 bits per heavy atom. The Hall–Kier alpha value is -2.18. The molecule has 0 radical (unpaired) electrons. The molecule has 0 spiro atoms. The van der Waals surface area contributed by atoms with Gasteiger partial charge in [-0.25, -0.2) is 8.42 Å². The molecule has 2 aromatic rings. The molecule has 0 bridgehead atoms. The molecule has 5 nitrogen and oxygen atoms in total. The maximum absolute atomic E-state index is 12.7. The van der Waals surface area contributed by atoms with E-state index in [4.69, 9.17) is 0 Å². The third-order valence-electron chi connectivity index (χ3n) is 4.30. The summed E-state index contributed by atoms with van der Waals surface area (Å²) in [5.41, 5.74) is 2.98. The van der Waals surface area contributed by atoms with E-state index in [0.29, 0.717) is 0 Å². The first-order chi connectivity index (χ1) is 11.8. The number of rotatable bonds is 6. The molecule has 0 fully saturated rings. The molecule has 0 heterocycles. The molecule has 0 saturated carbocycles. The smallest absolute Gasteiger partial charge is 0.243 e. The van der Waals surface area contributed by atoms with Crippen LogP contribution in [0.3, 0.4) is 0 Å². The van der Waals surface area contributed by atoms with Crippen LogP contribution in [0, 0.1) is 13.8 Å². The van der Waals surface area contributed by atoms with Crippen molar-refractivity contribution in [3.05, 3.63) is 59.7 Å². The summed E-state index contributed by atoms with van der Waals surface area (Å²) in [4.78, 5) is 14.3. The minimum absolute atomic E-state index is 0.193. The van der Waals surface area contributed by atoms with Crippen LogP contribution in [0.25, 0.3) is 0 Å². The Morgan fingerprint density at radius 3 is 2.20 bits per heavy atom. The Balaban J connectivity index is 2.20. The van der Waals surface area contributed by atoms with Crippen LogP contribution in [0.4, 0.5) is 5.69 Å². The number of benzene rings is 2. The first-order valence-corrected chi connectivity index (χ1v) is 9.60. The minimum atomic E-state index is -3.69. The molecule has 0 aliphatic carbocycles. The standard InChI is InChI=1S/C19H24N2O3S/c1-5-21(25(23,24)18-9-7-6-8-10-18)14-19(22)20(4)17-12-11-15(2)16(3)13-17/h6-13H,5,14H2,1-4H3. The molecule has 0 aliphatic heterocycles. The molecule has 1 amide bonds. The molecule has 0 saturated heterocycles. The van der Waals surface area contributed by atoms with Crippen LogP contribution >= 0.6 is 0 Å². The predicted octanol–water partition coefficient (Wildman–Crippen LogP) is 2.98. The van der Waals surface area contributed by atoms with Gasteiger partial charge in [-0.1, -0.05) is 31.2 Å². The number of hydrogen-bond acceptors (Lipinski definition) is 3. The van der Waals surface area contributed by atoms with Crippen molar-refractivity contribution in [2.75, 3.05) is 25.0 Å². The van der Waals surface area contributed by atoms with Crippen molar-refractivity contribution in [3.8, 4) is 0 Å². The first kappa shape index (κ1) is 19.1. The van der Waals surface area contributed by atoms with Crippen molar-refractivity contribution >= 4 is 21.6 Å². The monoisotopic (exact) mass is 360 g/mol. The summed E-state index contributed by atoms with van der Waals surface area (Å²) < 4.78 is 26.6. The zero-order valence-electron chi connectivity index (χ0n) is 15.1. The van der Waals surface area contributed by atoms with Gasteiger partial charge in [0.2, 0.25) is 15.9 Å². The van der Waals surface area contributed by atoms with Gasteiger partial charge >= 0.3 is 0 Å². The molecular formula is C19H24N2O3S. The molecule has 0 N–H and O–H groups in total. The van der Waals surface area contributed by atoms with Gasteiger partial charge in [0.1, 0.15) is 0 Å². The van der Waals surface area contributed by atoms with E-state index in [9.17, 15) is 13.2 Å². The van der Waals surface area contributed by atoms with Crippen molar-refractivity contribution in [3.63, 3.8) is 0 Å². The summed E-state index contributed by atoms with van der Waals surface area (Å²) in [6, 6.07) is 13.9. The zero-order valence-corrected chi connectivity index (χ0v) is 15.9. The number of nitrogens with zero attached hydrogens (tertiary/aromatic N) is 2. The molecule has 2 aromatic carbocycles. The Kier molecular flexibility index (Phi) is 5.98. The van der Waals surface area contributed by atoms with Gasteiger partial charge in [-0.2, -0.15) is 4.31 Å². The van der Waals surface area contributed by atoms with Crippen LogP contribution in [-0.2, 0) is 14.8 Å². The second-order valence-corrected chi connectivity index (χ2v) is 7.90. The Morgan fingerprint density at radius 1 is 1.00 bits per heavy atom. The number of anilines is 1. The van der Waals surface area contributed by atoms with Crippen molar-refractivity contribution in [1.82, 2.24) is 4.31 Å². The number of carbonyl (C=O) groups excluding carboxylic acids is 1. The normalized spacial score (nSPS) is 11.6. The number of likely N-dealkylation sites (N-methyl/N-ethyl adjacent to an activating group) is 2. The quantitative estimate of drug-likeness (QED) is 0.796. The van der Waals surface area contributed by atoms with E-state index in [2.05, 4.69) is 0 Å². The van der Waals surface area contributed by atoms with Crippen molar-refractivity contribution in [2.45, 2.75) is 25.7 Å². The summed E-state index contributed by atoms with van der Waals surface area (Å²) in [6.07, 6.45) is 0. The summed E-state index contributed by atoms with van der Waals surface area (Å²) in [5, 5.41) is 0. The Labute approximate surface area is 149 Å². The van der Waals surface area contributed by atoms with E-state index < -0.39 is 10.0 Å². The SMILES string of the molecule is CCN(CC(=O)N(C)c1ccc(C)c(C)c1)S(=O)(=O)c1ccccc1. The first-order valence-electron chi connectivity index (χ1n) is 8.16. The molecule has 6 heteroatoms. The highest BCUT2D eigenvalue weighted by atomic mass is 32.2. The maximum Gasteiger partial charge on any atom is 0.243 e. The van der Waals surface area contributed by atoms with E-state index in [1.54, 1.807) is 32.2 Å². The summed E-state index contributed by atoms with van der Waals surface area (Å²) in [6.45, 7) is 5.74. The predicted molar refractivity (Wildman–Crippen MR) is 100 cm³/mol. The zero-order chi connectivity index (χ0) is 18.6. The summed E-state index contributed by atoms with van der Waals surface area (Å²) in [5.74, 6) is -0.274. The molecular weight excluding hydrogens is 336 g/mol. The van der Waals surface area contributed by atoms with Gasteiger partial charge in [0, 0.05) is 19.3 Å². The molecule has 0 aromatic heterocycles. The van der Waals surface area contributed by atoms with Crippen LogP contribution in [-0.4, -0.2) is 38.8 Å². The average Bonchev–Trinajstić information content (AvgIpc) is 2.61. The van der Waals surface area contributed by atoms with Crippen molar-refractivity contribution in [2.24, 2.45) is 0 Å². The maximum atomic E-state index is 12.7. The Bertz CT molecular complexity index is 848. The van der Waals surface area contributed by atoms with E-state index in [1.807, 2.05) is 32.0 Å². The highest BCUT2D eigenvalue weighted by Gasteiger charge is 2.26. The fraction of sp³-hybridized carbons (Fsp3) is 0.316. The average molecular weight is 360 g/mol. The molecule has 25 heavy (non-hydrogen) atoms. The molecule has 134 valence electrons. The van der Waals surface area contributed by atoms with Gasteiger partial charge in [-0.15, -0.1) is 0 Å². The van der Waals surface area contributed by atoms with Gasteiger partial charge in [-0.3, -0.25) is 4.79 Å². The second kappa shape index (κ2) is 7.80. The van der Waals surface area contributed by atoms with E-state index in [0.717, 1.165) is 16.8 Å². The van der Waals surface area contributed by atoms with Gasteiger partial charge < -0.3 is 4.90 Å². The lowest BCUT2D eigenvalue weighted by Crippen LogP contribution is -2.41. The lowest BCUT2D eigenvalue weighted by atomic mass is 10.1. The number of carbonyl (C=O) groups is 1. The van der Waals surface area contributed by atoms with Crippen molar-refractivity contribution in [1.29, 1.82) is 0 Å². The van der Waals surface area contributed by atoms with Gasteiger partial charge in [0.05, 0.1) is 11.4 Å². The second-order valence-electron chi connectivity index (χ2n) is 5.97. The molecule has 0 unspecified atom stereocenters. The number of amides is 1. The van der Waals surface area contributed by atoms with Crippen LogP contribution < -0.4 is 4.90 Å². The molecule has 0 atom stereocenters. The number of sulfonamides is 1. The number of aryl methyl sites for hydroxylation is 2. The minimum Gasteiger partial charge on any atom is -0.314 e. The highest BCUT2D eigenvalue weighted by Crippen LogP contribution is 2.19. The lowest BCUT2D eigenvalue weighted by Gasteiger charge is -2.24. The highest BCUT2D eigenvalue weighted by molar-refractivity contribution is 7.89.